The number of rotatable bonds is 5. The second kappa shape index (κ2) is 11.2. The molecule has 192 valence electrons. The van der Waals surface area contributed by atoms with E-state index in [1.807, 2.05) is 19.1 Å². The minimum Gasteiger partial charge on any atom is -0.444 e. The van der Waals surface area contributed by atoms with Gasteiger partial charge in [-0.05, 0) is 82.7 Å². The maximum atomic E-state index is 13.1. The molecule has 0 aromatic carbocycles. The van der Waals surface area contributed by atoms with Crippen LogP contribution >= 0.6 is 0 Å². The molecule has 10 heteroatoms. The van der Waals surface area contributed by atoms with Gasteiger partial charge in [-0.2, -0.15) is 5.10 Å². The third-order valence-corrected chi connectivity index (χ3v) is 5.67. The van der Waals surface area contributed by atoms with Crippen molar-refractivity contribution in [3.05, 3.63) is 53.5 Å². The maximum Gasteiger partial charge on any atom is 0.413 e. The standard InChI is InChI=1S/C26H34N6O4/c1-16(10-11-20-18(3)14-28-31-20)21-9-7-8-12-32(21)24(34)23(33)29-19-13-17(2)22(27-15-19)30-25(35)36-26(4,5)6/h10-11,13-15,21H,1,7-9,12H2,2-6H3,(H,28,31)(H,29,33)(H,27,30,35)/b11-10-/t21-/m0/s1. The monoisotopic (exact) mass is 494 g/mol. The van der Waals surface area contributed by atoms with Crippen molar-refractivity contribution in [3.63, 3.8) is 0 Å². The van der Waals surface area contributed by atoms with Gasteiger partial charge in [0, 0.05) is 6.54 Å². The van der Waals surface area contributed by atoms with Gasteiger partial charge in [-0.3, -0.25) is 20.0 Å². The molecule has 0 spiro atoms. The molecule has 1 fully saturated rings. The highest BCUT2D eigenvalue weighted by molar-refractivity contribution is 6.39. The van der Waals surface area contributed by atoms with Crippen molar-refractivity contribution in [1.82, 2.24) is 20.1 Å². The zero-order valence-corrected chi connectivity index (χ0v) is 21.5. The summed E-state index contributed by atoms with van der Waals surface area (Å²) in [5, 5.41) is 12.1. The molecule has 1 aliphatic heterocycles. The Bertz CT molecular complexity index is 1180. The van der Waals surface area contributed by atoms with Crippen molar-refractivity contribution in [1.29, 1.82) is 0 Å². The number of carbonyl (C=O) groups excluding carboxylic acids is 3. The van der Waals surface area contributed by atoms with Crippen molar-refractivity contribution >= 4 is 35.5 Å². The van der Waals surface area contributed by atoms with Gasteiger partial charge in [-0.1, -0.05) is 12.7 Å². The Morgan fingerprint density at radius 1 is 1.17 bits per heavy atom. The van der Waals surface area contributed by atoms with Gasteiger partial charge in [-0.25, -0.2) is 9.78 Å². The van der Waals surface area contributed by atoms with Crippen LogP contribution in [-0.2, 0) is 14.3 Å². The van der Waals surface area contributed by atoms with E-state index in [-0.39, 0.29) is 6.04 Å². The van der Waals surface area contributed by atoms with Gasteiger partial charge in [0.1, 0.15) is 11.4 Å². The summed E-state index contributed by atoms with van der Waals surface area (Å²) in [7, 11) is 0. The minimum absolute atomic E-state index is 0.267. The molecule has 3 heterocycles. The van der Waals surface area contributed by atoms with Gasteiger partial charge in [0.05, 0.1) is 29.8 Å². The van der Waals surface area contributed by atoms with Crippen molar-refractivity contribution < 1.29 is 19.1 Å². The predicted octanol–water partition coefficient (Wildman–Crippen LogP) is 4.36. The number of H-pyrrole nitrogens is 1. The SMILES string of the molecule is C=C(/C=C\c1[nH]ncc1C)[C@@H]1CCCCN1C(=O)C(=O)Nc1cnc(NC(=O)OC(C)(C)C)c(C)c1. The first-order valence-electron chi connectivity index (χ1n) is 11.9. The number of carbonyl (C=O) groups is 3. The van der Waals surface area contributed by atoms with Gasteiger partial charge in [0.2, 0.25) is 0 Å². The fraction of sp³-hybridized carbons (Fsp3) is 0.423. The number of nitrogens with zero attached hydrogens (tertiary/aromatic N) is 3. The van der Waals surface area contributed by atoms with E-state index in [9.17, 15) is 14.4 Å². The summed E-state index contributed by atoms with van der Waals surface area (Å²) < 4.78 is 5.24. The van der Waals surface area contributed by atoms with Crippen molar-refractivity contribution in [3.8, 4) is 0 Å². The van der Waals surface area contributed by atoms with Gasteiger partial charge in [-0.15, -0.1) is 0 Å². The van der Waals surface area contributed by atoms with Crippen molar-refractivity contribution in [2.45, 2.75) is 65.5 Å². The smallest absolute Gasteiger partial charge is 0.413 e. The summed E-state index contributed by atoms with van der Waals surface area (Å²) in [6.45, 7) is 13.6. The van der Waals surface area contributed by atoms with Gasteiger partial charge < -0.3 is 15.0 Å². The van der Waals surface area contributed by atoms with Crippen LogP contribution in [0.2, 0.25) is 0 Å². The Morgan fingerprint density at radius 2 is 1.92 bits per heavy atom. The van der Waals surface area contributed by atoms with E-state index >= 15 is 0 Å². The number of aromatic nitrogens is 3. The lowest BCUT2D eigenvalue weighted by Crippen LogP contribution is -2.48. The number of ether oxygens (including phenoxy) is 1. The molecule has 3 N–H and O–H groups in total. The molecule has 0 saturated carbocycles. The number of pyridine rings is 1. The Morgan fingerprint density at radius 3 is 2.56 bits per heavy atom. The second-order valence-electron chi connectivity index (χ2n) is 9.86. The molecule has 2 aromatic rings. The van der Waals surface area contributed by atoms with E-state index in [0.717, 1.165) is 36.1 Å². The van der Waals surface area contributed by atoms with Crippen LogP contribution in [-0.4, -0.2) is 56.2 Å². The summed E-state index contributed by atoms with van der Waals surface area (Å²) in [6.07, 6.45) is 8.72. The molecule has 0 unspecified atom stereocenters. The number of likely N-dealkylation sites (tertiary alicyclic amines) is 1. The van der Waals surface area contributed by atoms with E-state index in [1.54, 1.807) is 44.9 Å². The summed E-state index contributed by atoms with van der Waals surface area (Å²) in [6, 6.07) is 1.37. The maximum absolute atomic E-state index is 13.1. The number of piperidine rings is 1. The average Bonchev–Trinajstić information content (AvgIpc) is 3.22. The van der Waals surface area contributed by atoms with Crippen LogP contribution in [0.5, 0.6) is 0 Å². The van der Waals surface area contributed by atoms with Gasteiger partial charge in [0.25, 0.3) is 0 Å². The normalized spacial score (nSPS) is 16.0. The molecular weight excluding hydrogens is 460 g/mol. The number of amides is 3. The zero-order valence-electron chi connectivity index (χ0n) is 21.5. The number of hydrogen-bond acceptors (Lipinski definition) is 6. The highest BCUT2D eigenvalue weighted by Gasteiger charge is 2.32. The molecule has 0 bridgehead atoms. The van der Waals surface area contributed by atoms with Crippen LogP contribution in [0.4, 0.5) is 16.3 Å². The van der Waals surface area contributed by atoms with Crippen LogP contribution in [0.15, 0.2) is 36.7 Å². The lowest BCUT2D eigenvalue weighted by molar-refractivity contribution is -0.145. The highest BCUT2D eigenvalue weighted by atomic mass is 16.6. The number of nitrogens with one attached hydrogen (secondary N) is 3. The second-order valence-corrected chi connectivity index (χ2v) is 9.86. The molecule has 10 nitrogen and oxygen atoms in total. The van der Waals surface area contributed by atoms with E-state index in [0.29, 0.717) is 23.6 Å². The van der Waals surface area contributed by atoms with Gasteiger partial charge in [0.15, 0.2) is 0 Å². The van der Waals surface area contributed by atoms with Crippen molar-refractivity contribution in [2.24, 2.45) is 0 Å². The molecule has 2 aromatic heterocycles. The fourth-order valence-corrected chi connectivity index (χ4v) is 3.88. The topological polar surface area (TPSA) is 129 Å². The number of aryl methyl sites for hydroxylation is 2. The quantitative estimate of drug-likeness (QED) is 0.418. The van der Waals surface area contributed by atoms with Gasteiger partial charge >= 0.3 is 17.9 Å². The van der Waals surface area contributed by atoms with E-state index < -0.39 is 23.5 Å². The average molecular weight is 495 g/mol. The molecule has 36 heavy (non-hydrogen) atoms. The summed E-state index contributed by atoms with van der Waals surface area (Å²) in [5.74, 6) is -1.07. The Hall–Kier alpha value is -3.95. The first-order chi connectivity index (χ1) is 16.9. The summed E-state index contributed by atoms with van der Waals surface area (Å²) >= 11 is 0. The lowest BCUT2D eigenvalue weighted by atomic mass is 9.95. The van der Waals surface area contributed by atoms with Crippen molar-refractivity contribution in [2.75, 3.05) is 17.2 Å². The van der Waals surface area contributed by atoms with E-state index in [1.165, 1.54) is 6.20 Å². The molecular formula is C26H34N6O4. The third-order valence-electron chi connectivity index (χ3n) is 5.67. The number of anilines is 2. The van der Waals surface area contributed by atoms with Crippen LogP contribution < -0.4 is 10.6 Å². The highest BCUT2D eigenvalue weighted by Crippen LogP contribution is 2.25. The molecule has 1 saturated heterocycles. The summed E-state index contributed by atoms with van der Waals surface area (Å²) in [5.41, 5.74) is 2.94. The molecule has 3 amide bonds. The van der Waals surface area contributed by atoms with E-state index in [4.69, 9.17) is 4.74 Å². The minimum atomic E-state index is -0.753. The first-order valence-corrected chi connectivity index (χ1v) is 11.9. The van der Waals surface area contributed by atoms with E-state index in [2.05, 4.69) is 32.4 Å². The molecule has 0 aliphatic carbocycles. The fourth-order valence-electron chi connectivity index (χ4n) is 3.88. The Labute approximate surface area is 211 Å². The Balaban J connectivity index is 1.65. The Kier molecular flexibility index (Phi) is 8.29. The predicted molar refractivity (Wildman–Crippen MR) is 138 cm³/mol. The lowest BCUT2D eigenvalue weighted by Gasteiger charge is -2.35. The molecule has 0 radical (unpaired) electrons. The van der Waals surface area contributed by atoms with Crippen LogP contribution in [0.25, 0.3) is 6.08 Å². The molecule has 1 atom stereocenters. The van der Waals surface area contributed by atoms with Crippen LogP contribution in [0, 0.1) is 13.8 Å². The summed E-state index contributed by atoms with van der Waals surface area (Å²) in [4.78, 5) is 43.7. The first kappa shape index (κ1) is 26.7. The largest absolute Gasteiger partial charge is 0.444 e. The third kappa shape index (κ3) is 7.03. The van der Waals surface area contributed by atoms with Crippen LogP contribution in [0.1, 0.15) is 56.9 Å². The molecule has 1 aliphatic rings. The van der Waals surface area contributed by atoms with Crippen LogP contribution in [0.3, 0.4) is 0 Å². The number of hydrogen-bond donors (Lipinski definition) is 3. The number of aromatic amines is 1. The molecule has 3 rings (SSSR count). The zero-order chi connectivity index (χ0) is 26.5.